The van der Waals surface area contributed by atoms with Crippen molar-refractivity contribution in [1.29, 1.82) is 0 Å². The van der Waals surface area contributed by atoms with Crippen molar-refractivity contribution in [2.24, 2.45) is 0 Å². The molecule has 0 unspecified atom stereocenters. The molecule has 0 fully saturated rings. The van der Waals surface area contributed by atoms with E-state index in [0.29, 0.717) is 23.4 Å². The smallest absolute Gasteiger partial charge is 0.306 e. The third-order valence-electron chi connectivity index (χ3n) is 4.75. The molecule has 0 saturated heterocycles. The van der Waals surface area contributed by atoms with Crippen molar-refractivity contribution in [3.8, 4) is 0 Å². The topological polar surface area (TPSA) is 84.0 Å². The lowest BCUT2D eigenvalue weighted by Gasteiger charge is -2.21. The number of hydrogen-bond donors (Lipinski definition) is 0. The van der Waals surface area contributed by atoms with Crippen LogP contribution in [0.4, 0.5) is 10.1 Å². The van der Waals surface area contributed by atoms with Gasteiger partial charge in [-0.1, -0.05) is 12.1 Å². The molecule has 0 atom stereocenters. The molecule has 0 bridgehead atoms. The Kier molecular flexibility index (Phi) is 6.56. The van der Waals surface area contributed by atoms with E-state index in [1.54, 1.807) is 31.2 Å². The van der Waals surface area contributed by atoms with Gasteiger partial charge in [0.1, 0.15) is 5.82 Å². The summed E-state index contributed by atoms with van der Waals surface area (Å²) in [4.78, 5) is 51.3. The lowest BCUT2D eigenvalue weighted by Crippen LogP contribution is -2.34. The Morgan fingerprint density at radius 1 is 1.00 bits per heavy atom. The van der Waals surface area contributed by atoms with E-state index in [0.717, 1.165) is 4.90 Å². The zero-order valence-electron chi connectivity index (χ0n) is 16.5. The second-order valence-electron chi connectivity index (χ2n) is 6.69. The number of rotatable bonds is 8. The number of carbonyl (C=O) groups is 4. The van der Waals surface area contributed by atoms with E-state index >= 15 is 0 Å². The maximum Gasteiger partial charge on any atom is 0.306 e. The molecule has 3 amide bonds. The fourth-order valence-electron chi connectivity index (χ4n) is 3.24. The number of anilines is 1. The minimum absolute atomic E-state index is 0.0383. The number of hydrogen-bond acceptors (Lipinski definition) is 5. The van der Waals surface area contributed by atoms with Crippen LogP contribution < -0.4 is 4.90 Å². The number of fused-ring (bicyclic) bond motifs is 1. The highest BCUT2D eigenvalue weighted by Crippen LogP contribution is 2.22. The van der Waals surface area contributed by atoms with Gasteiger partial charge in [0.25, 0.3) is 17.7 Å². The maximum absolute atomic E-state index is 13.0. The number of imide groups is 1. The average molecular weight is 412 g/mol. The predicted octanol–water partition coefficient (Wildman–Crippen LogP) is 2.80. The first kappa shape index (κ1) is 21.2. The number of ether oxygens (including phenoxy) is 1. The van der Waals surface area contributed by atoms with E-state index in [4.69, 9.17) is 4.74 Å². The normalized spacial score (nSPS) is 12.7. The lowest BCUT2D eigenvalue weighted by molar-refractivity contribution is -0.148. The Morgan fingerprint density at radius 3 is 2.17 bits per heavy atom. The van der Waals surface area contributed by atoms with Crippen LogP contribution in [0.5, 0.6) is 0 Å². The van der Waals surface area contributed by atoms with Gasteiger partial charge >= 0.3 is 5.97 Å². The van der Waals surface area contributed by atoms with Crippen molar-refractivity contribution in [3.05, 3.63) is 65.5 Å². The molecule has 2 aromatic rings. The monoisotopic (exact) mass is 412 g/mol. The molecule has 1 aliphatic rings. The number of amides is 3. The molecule has 30 heavy (non-hydrogen) atoms. The van der Waals surface area contributed by atoms with Gasteiger partial charge in [0.2, 0.25) is 0 Å². The van der Waals surface area contributed by atoms with E-state index in [9.17, 15) is 23.6 Å². The van der Waals surface area contributed by atoms with Crippen LogP contribution in [0.25, 0.3) is 0 Å². The van der Waals surface area contributed by atoms with Gasteiger partial charge in [-0.3, -0.25) is 24.1 Å². The number of halogens is 1. The minimum Gasteiger partial charge on any atom is -0.456 e. The molecule has 0 aromatic heterocycles. The quantitative estimate of drug-likeness (QED) is 0.492. The molecule has 1 aliphatic heterocycles. The first-order valence-corrected chi connectivity index (χ1v) is 9.59. The molecule has 0 radical (unpaired) electrons. The van der Waals surface area contributed by atoms with Gasteiger partial charge in [0, 0.05) is 25.2 Å². The summed E-state index contributed by atoms with van der Waals surface area (Å²) >= 11 is 0. The third kappa shape index (κ3) is 4.53. The van der Waals surface area contributed by atoms with Gasteiger partial charge in [-0.15, -0.1) is 0 Å². The fraction of sp³-hybridized carbons (Fsp3) is 0.273. The molecule has 2 aromatic carbocycles. The highest BCUT2D eigenvalue weighted by atomic mass is 19.1. The van der Waals surface area contributed by atoms with Crippen LogP contribution in [0.1, 0.15) is 40.5 Å². The fourth-order valence-corrected chi connectivity index (χ4v) is 3.24. The average Bonchev–Trinajstić information content (AvgIpc) is 2.99. The minimum atomic E-state index is -0.602. The van der Waals surface area contributed by atoms with Crippen molar-refractivity contribution < 1.29 is 28.3 Å². The molecular formula is C22H21FN2O5. The molecule has 7 nitrogen and oxygen atoms in total. The number of nitrogens with zero attached hydrogens (tertiary/aromatic N) is 2. The van der Waals surface area contributed by atoms with Crippen LogP contribution in [0.15, 0.2) is 48.5 Å². The Labute approximate surface area is 173 Å². The number of esters is 1. The van der Waals surface area contributed by atoms with Crippen molar-refractivity contribution in [2.75, 3.05) is 24.6 Å². The highest BCUT2D eigenvalue weighted by molar-refractivity contribution is 6.21. The second-order valence-corrected chi connectivity index (χ2v) is 6.69. The van der Waals surface area contributed by atoms with Crippen LogP contribution in [0.2, 0.25) is 0 Å². The maximum atomic E-state index is 13.0. The van der Waals surface area contributed by atoms with Crippen molar-refractivity contribution in [2.45, 2.75) is 19.8 Å². The number of benzene rings is 2. The zero-order chi connectivity index (χ0) is 21.7. The SMILES string of the molecule is CCN(C(=O)COC(=O)CCCN1C(=O)c2ccccc2C1=O)c1ccc(F)cc1. The molecule has 0 N–H and O–H groups in total. The van der Waals surface area contributed by atoms with E-state index in [1.165, 1.54) is 29.2 Å². The molecule has 8 heteroatoms. The number of carbonyl (C=O) groups excluding carboxylic acids is 4. The van der Waals surface area contributed by atoms with Gasteiger partial charge in [0.05, 0.1) is 11.1 Å². The molecule has 1 heterocycles. The second kappa shape index (κ2) is 9.30. The first-order chi connectivity index (χ1) is 14.4. The summed E-state index contributed by atoms with van der Waals surface area (Å²) in [6.45, 7) is 1.73. The van der Waals surface area contributed by atoms with Gasteiger partial charge in [0.15, 0.2) is 6.61 Å². The van der Waals surface area contributed by atoms with Crippen LogP contribution in [0.3, 0.4) is 0 Å². The summed E-state index contributed by atoms with van der Waals surface area (Å²) in [5.41, 5.74) is 1.22. The first-order valence-electron chi connectivity index (χ1n) is 9.59. The molecule has 0 saturated carbocycles. The summed E-state index contributed by atoms with van der Waals surface area (Å²) in [7, 11) is 0. The van der Waals surface area contributed by atoms with E-state index in [2.05, 4.69) is 0 Å². The van der Waals surface area contributed by atoms with Crippen LogP contribution in [-0.4, -0.2) is 48.3 Å². The largest absolute Gasteiger partial charge is 0.456 e. The van der Waals surface area contributed by atoms with Crippen LogP contribution >= 0.6 is 0 Å². The van der Waals surface area contributed by atoms with Crippen molar-refractivity contribution >= 4 is 29.4 Å². The van der Waals surface area contributed by atoms with E-state index in [-0.39, 0.29) is 31.2 Å². The Hall–Kier alpha value is -3.55. The van der Waals surface area contributed by atoms with Gasteiger partial charge in [-0.05, 0) is 49.7 Å². The zero-order valence-corrected chi connectivity index (χ0v) is 16.5. The van der Waals surface area contributed by atoms with Crippen LogP contribution in [0, 0.1) is 5.82 Å². The van der Waals surface area contributed by atoms with Crippen molar-refractivity contribution in [3.63, 3.8) is 0 Å². The predicted molar refractivity (Wildman–Crippen MR) is 106 cm³/mol. The Balaban J connectivity index is 1.45. The molecule has 0 aliphatic carbocycles. The Bertz CT molecular complexity index is 939. The molecular weight excluding hydrogens is 391 g/mol. The summed E-state index contributed by atoms with van der Waals surface area (Å²) in [6.07, 6.45) is 0.192. The molecule has 0 spiro atoms. The third-order valence-corrected chi connectivity index (χ3v) is 4.75. The van der Waals surface area contributed by atoms with Gasteiger partial charge in [-0.2, -0.15) is 0 Å². The molecule has 156 valence electrons. The summed E-state index contributed by atoms with van der Waals surface area (Å²) < 4.78 is 18.1. The number of likely N-dealkylation sites (N-methyl/N-ethyl adjacent to an activating group) is 1. The van der Waals surface area contributed by atoms with Gasteiger partial charge in [-0.25, -0.2) is 4.39 Å². The van der Waals surface area contributed by atoms with Crippen molar-refractivity contribution in [1.82, 2.24) is 4.90 Å². The van der Waals surface area contributed by atoms with Crippen LogP contribution in [-0.2, 0) is 14.3 Å². The Morgan fingerprint density at radius 2 is 1.60 bits per heavy atom. The van der Waals surface area contributed by atoms with E-state index < -0.39 is 24.3 Å². The summed E-state index contributed by atoms with van der Waals surface area (Å²) in [5, 5.41) is 0. The van der Waals surface area contributed by atoms with Gasteiger partial charge < -0.3 is 9.64 Å². The standard InChI is InChI=1S/C22H21FN2O5/c1-2-24(16-11-9-15(23)10-12-16)19(26)14-30-20(27)8-5-13-25-21(28)17-6-3-4-7-18(17)22(25)29/h3-4,6-7,9-12H,2,5,8,13-14H2,1H3. The summed E-state index contributed by atoms with van der Waals surface area (Å²) in [5.74, 6) is -2.20. The lowest BCUT2D eigenvalue weighted by atomic mass is 10.1. The van der Waals surface area contributed by atoms with E-state index in [1.807, 2.05) is 0 Å². The summed E-state index contributed by atoms with van der Waals surface area (Å²) in [6, 6.07) is 12.0. The highest BCUT2D eigenvalue weighted by Gasteiger charge is 2.34. The molecule has 3 rings (SSSR count).